The first kappa shape index (κ1) is 13.1. The summed E-state index contributed by atoms with van der Waals surface area (Å²) >= 11 is 0. The normalized spacial score (nSPS) is 10.4. The Hall–Kier alpha value is -2.30. The van der Waals surface area contributed by atoms with Crippen molar-refractivity contribution in [3.8, 4) is 5.75 Å². The number of imidazole rings is 1. The topological polar surface area (TPSA) is 64.4 Å². The number of hydrogen-bond acceptors (Lipinski definition) is 3. The molecule has 0 fully saturated rings. The molecular formula is C14H16N2O3. The van der Waals surface area contributed by atoms with Crippen molar-refractivity contribution in [2.45, 2.75) is 19.9 Å². The molecule has 0 aliphatic rings. The zero-order valence-electron chi connectivity index (χ0n) is 11.0. The predicted molar refractivity (Wildman–Crippen MR) is 70.7 cm³/mol. The van der Waals surface area contributed by atoms with E-state index >= 15 is 0 Å². The summed E-state index contributed by atoms with van der Waals surface area (Å²) in [4.78, 5) is 15.3. The summed E-state index contributed by atoms with van der Waals surface area (Å²) in [6, 6.07) is 4.85. The number of benzene rings is 1. The van der Waals surface area contributed by atoms with Gasteiger partial charge < -0.3 is 14.4 Å². The lowest BCUT2D eigenvalue weighted by Crippen LogP contribution is -2.05. The van der Waals surface area contributed by atoms with Crippen LogP contribution in [0.25, 0.3) is 0 Å². The average Bonchev–Trinajstić information content (AvgIpc) is 2.85. The molecule has 0 atom stereocenters. The number of aryl methyl sites for hydroxylation is 1. The Morgan fingerprint density at radius 3 is 2.89 bits per heavy atom. The van der Waals surface area contributed by atoms with Gasteiger partial charge in [-0.2, -0.15) is 0 Å². The molecule has 0 aliphatic carbocycles. The minimum atomic E-state index is -0.942. The highest BCUT2D eigenvalue weighted by atomic mass is 16.5. The third-order valence-electron chi connectivity index (χ3n) is 3.02. The van der Waals surface area contributed by atoms with Crippen molar-refractivity contribution >= 4 is 5.97 Å². The predicted octanol–water partition coefficient (Wildman–Crippen LogP) is 2.20. The van der Waals surface area contributed by atoms with E-state index in [0.29, 0.717) is 12.2 Å². The van der Waals surface area contributed by atoms with Crippen LogP contribution in [0.1, 0.15) is 28.7 Å². The lowest BCUT2D eigenvalue weighted by Gasteiger charge is -2.10. The van der Waals surface area contributed by atoms with E-state index in [-0.39, 0.29) is 5.56 Å². The largest absolute Gasteiger partial charge is 0.496 e. The van der Waals surface area contributed by atoms with E-state index in [1.807, 2.05) is 17.7 Å². The summed E-state index contributed by atoms with van der Waals surface area (Å²) in [5.41, 5.74) is 1.08. The highest BCUT2D eigenvalue weighted by molar-refractivity contribution is 5.88. The number of rotatable bonds is 5. The van der Waals surface area contributed by atoms with Crippen molar-refractivity contribution in [2.24, 2.45) is 0 Å². The van der Waals surface area contributed by atoms with Crippen LogP contribution in [0.3, 0.4) is 0 Å². The Balaban J connectivity index is 2.37. The first-order valence-electron chi connectivity index (χ1n) is 6.06. The second-order valence-electron chi connectivity index (χ2n) is 4.14. The molecule has 100 valence electrons. The summed E-state index contributed by atoms with van der Waals surface area (Å²) < 4.78 is 7.29. The molecule has 5 nitrogen and oxygen atoms in total. The maximum absolute atomic E-state index is 11.0. The van der Waals surface area contributed by atoms with Crippen LogP contribution in [0, 0.1) is 0 Å². The highest BCUT2D eigenvalue weighted by Gasteiger charge is 2.11. The van der Waals surface area contributed by atoms with Gasteiger partial charge >= 0.3 is 5.97 Å². The fourth-order valence-electron chi connectivity index (χ4n) is 2.02. The third-order valence-corrected chi connectivity index (χ3v) is 3.02. The second-order valence-corrected chi connectivity index (χ2v) is 4.14. The standard InChI is InChI=1S/C14H16N2O3/c1-3-16-7-6-15-13(16)9-11-8-10(14(17)18)4-5-12(11)19-2/h4-8H,3,9H2,1-2H3,(H,17,18). The van der Waals surface area contributed by atoms with Crippen molar-refractivity contribution < 1.29 is 14.6 Å². The molecule has 0 unspecified atom stereocenters. The number of ether oxygens (including phenoxy) is 1. The number of carboxylic acids is 1. The summed E-state index contributed by atoms with van der Waals surface area (Å²) in [5.74, 6) is 0.627. The van der Waals surface area contributed by atoms with Crippen LogP contribution in [0.5, 0.6) is 5.75 Å². The van der Waals surface area contributed by atoms with Crippen LogP contribution in [0.2, 0.25) is 0 Å². The molecule has 1 N–H and O–H groups in total. The molecule has 0 amide bonds. The molecule has 5 heteroatoms. The summed E-state index contributed by atoms with van der Waals surface area (Å²) in [6.07, 6.45) is 4.19. The Kier molecular flexibility index (Phi) is 3.85. The van der Waals surface area contributed by atoms with Crippen LogP contribution in [-0.4, -0.2) is 27.7 Å². The molecule has 0 bridgehead atoms. The molecule has 1 aromatic carbocycles. The molecule has 0 saturated heterocycles. The molecule has 1 aromatic heterocycles. The summed E-state index contributed by atoms with van der Waals surface area (Å²) in [7, 11) is 1.57. The second kappa shape index (κ2) is 5.56. The van der Waals surface area contributed by atoms with Gasteiger partial charge in [-0.1, -0.05) is 0 Å². The van der Waals surface area contributed by atoms with Crippen molar-refractivity contribution in [3.05, 3.63) is 47.5 Å². The quantitative estimate of drug-likeness (QED) is 0.895. The van der Waals surface area contributed by atoms with Crippen LogP contribution in [0.15, 0.2) is 30.6 Å². The fourth-order valence-corrected chi connectivity index (χ4v) is 2.02. The SMILES string of the molecule is CCn1ccnc1Cc1cc(C(=O)O)ccc1OC. The Bertz CT molecular complexity index is 590. The minimum Gasteiger partial charge on any atom is -0.496 e. The molecule has 19 heavy (non-hydrogen) atoms. The molecule has 0 saturated carbocycles. The van der Waals surface area contributed by atoms with Gasteiger partial charge in [-0.25, -0.2) is 9.78 Å². The number of aromatic carboxylic acids is 1. The van der Waals surface area contributed by atoms with E-state index in [2.05, 4.69) is 4.98 Å². The van der Waals surface area contributed by atoms with Crippen LogP contribution in [-0.2, 0) is 13.0 Å². The van der Waals surface area contributed by atoms with Crippen LogP contribution >= 0.6 is 0 Å². The van der Waals surface area contributed by atoms with Gasteiger partial charge in [0.15, 0.2) is 0 Å². The Labute approximate surface area is 111 Å². The highest BCUT2D eigenvalue weighted by Crippen LogP contribution is 2.22. The molecule has 0 aliphatic heterocycles. The molecule has 2 aromatic rings. The molecule has 1 heterocycles. The lowest BCUT2D eigenvalue weighted by molar-refractivity contribution is 0.0696. The van der Waals surface area contributed by atoms with Crippen molar-refractivity contribution in [1.29, 1.82) is 0 Å². The number of hydrogen-bond donors (Lipinski definition) is 1. The van der Waals surface area contributed by atoms with E-state index in [9.17, 15) is 4.79 Å². The monoisotopic (exact) mass is 260 g/mol. The maximum Gasteiger partial charge on any atom is 0.335 e. The lowest BCUT2D eigenvalue weighted by atomic mass is 10.1. The maximum atomic E-state index is 11.0. The third kappa shape index (κ3) is 2.76. The van der Waals surface area contributed by atoms with E-state index in [1.165, 1.54) is 6.07 Å². The minimum absolute atomic E-state index is 0.255. The smallest absolute Gasteiger partial charge is 0.335 e. The number of carboxylic acid groups (broad SMARTS) is 1. The molecular weight excluding hydrogens is 244 g/mol. The number of methoxy groups -OCH3 is 1. The van der Waals surface area contributed by atoms with Gasteiger partial charge in [-0.15, -0.1) is 0 Å². The van der Waals surface area contributed by atoms with E-state index in [4.69, 9.17) is 9.84 Å². The number of nitrogens with zero attached hydrogens (tertiary/aromatic N) is 2. The van der Waals surface area contributed by atoms with Gasteiger partial charge in [0.25, 0.3) is 0 Å². The zero-order chi connectivity index (χ0) is 13.8. The van der Waals surface area contributed by atoms with Crippen LogP contribution < -0.4 is 4.74 Å². The molecule has 2 rings (SSSR count). The van der Waals surface area contributed by atoms with Crippen molar-refractivity contribution in [2.75, 3.05) is 7.11 Å². The van der Waals surface area contributed by atoms with E-state index in [0.717, 1.165) is 17.9 Å². The average molecular weight is 260 g/mol. The van der Waals surface area contributed by atoms with Gasteiger partial charge in [-0.05, 0) is 25.1 Å². The van der Waals surface area contributed by atoms with Gasteiger partial charge in [0.05, 0.1) is 12.7 Å². The van der Waals surface area contributed by atoms with Gasteiger partial charge in [0.1, 0.15) is 11.6 Å². The van der Waals surface area contributed by atoms with Crippen LogP contribution in [0.4, 0.5) is 0 Å². The Morgan fingerprint density at radius 2 is 2.26 bits per heavy atom. The van der Waals surface area contributed by atoms with Gasteiger partial charge in [-0.3, -0.25) is 0 Å². The van der Waals surface area contributed by atoms with Crippen molar-refractivity contribution in [3.63, 3.8) is 0 Å². The van der Waals surface area contributed by atoms with Crippen molar-refractivity contribution in [1.82, 2.24) is 9.55 Å². The molecule has 0 radical (unpaired) electrons. The number of carbonyl (C=O) groups is 1. The first-order chi connectivity index (χ1) is 9.15. The summed E-state index contributed by atoms with van der Waals surface area (Å²) in [5, 5.41) is 9.04. The van der Waals surface area contributed by atoms with Gasteiger partial charge in [0.2, 0.25) is 0 Å². The zero-order valence-corrected chi connectivity index (χ0v) is 11.0. The van der Waals surface area contributed by atoms with E-state index in [1.54, 1.807) is 25.4 Å². The Morgan fingerprint density at radius 1 is 1.47 bits per heavy atom. The van der Waals surface area contributed by atoms with Gasteiger partial charge in [0, 0.05) is 30.9 Å². The number of aromatic nitrogens is 2. The first-order valence-corrected chi connectivity index (χ1v) is 6.06. The molecule has 0 spiro atoms. The van der Waals surface area contributed by atoms with E-state index < -0.39 is 5.97 Å². The fraction of sp³-hybridized carbons (Fsp3) is 0.286. The summed E-state index contributed by atoms with van der Waals surface area (Å²) in [6.45, 7) is 2.87.